The van der Waals surface area contributed by atoms with Crippen molar-refractivity contribution in [2.45, 2.75) is 40.3 Å². The molecule has 9 nitrogen and oxygen atoms in total. The van der Waals surface area contributed by atoms with Crippen LogP contribution in [0.25, 0.3) is 0 Å². The van der Waals surface area contributed by atoms with Gasteiger partial charge in [0.25, 0.3) is 5.91 Å². The van der Waals surface area contributed by atoms with Gasteiger partial charge in [0, 0.05) is 18.8 Å². The third-order valence-corrected chi connectivity index (χ3v) is 3.33. The van der Waals surface area contributed by atoms with Crippen molar-refractivity contribution < 1.29 is 9.72 Å². The molecule has 1 amide bonds. The molecular weight excluding hydrogens is 300 g/mol. The smallest absolute Gasteiger partial charge is 0.345 e. The second-order valence-electron chi connectivity index (χ2n) is 5.41. The molecule has 2 aromatic rings. The summed E-state index contributed by atoms with van der Waals surface area (Å²) in [6.07, 6.45) is 0.730. The summed E-state index contributed by atoms with van der Waals surface area (Å²) >= 11 is 0. The van der Waals surface area contributed by atoms with E-state index in [0.717, 1.165) is 22.5 Å². The fourth-order valence-corrected chi connectivity index (χ4v) is 2.35. The van der Waals surface area contributed by atoms with E-state index in [9.17, 15) is 14.9 Å². The van der Waals surface area contributed by atoms with E-state index in [1.54, 1.807) is 6.92 Å². The fraction of sp³-hybridized carbons (Fsp3) is 0.500. The van der Waals surface area contributed by atoms with Gasteiger partial charge in [-0.05, 0) is 38.2 Å². The summed E-state index contributed by atoms with van der Waals surface area (Å²) in [6.45, 7) is 6.59. The maximum Gasteiger partial charge on any atom is 0.345 e. The molecule has 0 aliphatic heterocycles. The highest BCUT2D eigenvalue weighted by atomic mass is 16.6. The van der Waals surface area contributed by atoms with E-state index in [4.69, 9.17) is 0 Å². The standard InChI is InChI=1S/C14H20N6O3/c1-10-7-12(3)18(16-10)6-4-5-15-13(21)9-19-14(20(22)23)8-11(2)17-19/h7-8H,4-6,9H2,1-3H3,(H,15,21). The molecule has 2 aromatic heterocycles. The normalized spacial score (nSPS) is 10.7. The Morgan fingerprint density at radius 3 is 2.48 bits per heavy atom. The maximum absolute atomic E-state index is 11.9. The van der Waals surface area contributed by atoms with Gasteiger partial charge in [-0.3, -0.25) is 9.48 Å². The van der Waals surface area contributed by atoms with Gasteiger partial charge in [-0.2, -0.15) is 5.10 Å². The predicted octanol–water partition coefficient (Wildman–Crippen LogP) is 1.12. The summed E-state index contributed by atoms with van der Waals surface area (Å²) in [5, 5.41) is 21.9. The summed E-state index contributed by atoms with van der Waals surface area (Å²) in [5.41, 5.74) is 2.55. The number of hydrogen-bond acceptors (Lipinski definition) is 5. The Hall–Kier alpha value is -2.71. The molecule has 0 radical (unpaired) electrons. The molecule has 0 aliphatic carbocycles. The Labute approximate surface area is 133 Å². The highest BCUT2D eigenvalue weighted by Crippen LogP contribution is 2.12. The zero-order chi connectivity index (χ0) is 17.0. The van der Waals surface area contributed by atoms with Crippen LogP contribution in [0.3, 0.4) is 0 Å². The molecule has 2 rings (SSSR count). The first-order valence-electron chi connectivity index (χ1n) is 7.33. The van der Waals surface area contributed by atoms with Crippen LogP contribution >= 0.6 is 0 Å². The largest absolute Gasteiger partial charge is 0.358 e. The number of rotatable bonds is 7. The van der Waals surface area contributed by atoms with Crippen LogP contribution in [-0.2, 0) is 17.9 Å². The number of nitrogens with zero attached hydrogens (tertiary/aromatic N) is 5. The Morgan fingerprint density at radius 1 is 1.22 bits per heavy atom. The lowest BCUT2D eigenvalue weighted by molar-refractivity contribution is -0.392. The van der Waals surface area contributed by atoms with Gasteiger partial charge < -0.3 is 15.4 Å². The number of nitrogens with one attached hydrogen (secondary N) is 1. The molecule has 23 heavy (non-hydrogen) atoms. The minimum absolute atomic E-state index is 0.163. The molecule has 9 heteroatoms. The van der Waals surface area contributed by atoms with E-state index in [2.05, 4.69) is 15.5 Å². The number of carbonyl (C=O) groups excluding carboxylic acids is 1. The molecule has 124 valence electrons. The number of nitro groups is 1. The van der Waals surface area contributed by atoms with Gasteiger partial charge in [0.05, 0.1) is 17.5 Å². The maximum atomic E-state index is 11.9. The zero-order valence-electron chi connectivity index (χ0n) is 13.4. The van der Waals surface area contributed by atoms with Crippen molar-refractivity contribution in [3.8, 4) is 0 Å². The van der Waals surface area contributed by atoms with Gasteiger partial charge in [0.2, 0.25) is 0 Å². The zero-order valence-corrected chi connectivity index (χ0v) is 13.4. The van der Waals surface area contributed by atoms with Gasteiger partial charge in [-0.1, -0.05) is 5.10 Å². The molecule has 0 fully saturated rings. The minimum atomic E-state index is -0.546. The summed E-state index contributed by atoms with van der Waals surface area (Å²) in [4.78, 5) is 22.2. The van der Waals surface area contributed by atoms with Crippen molar-refractivity contribution in [3.05, 3.63) is 39.3 Å². The average molecular weight is 320 g/mol. The molecular formula is C14H20N6O3. The predicted molar refractivity (Wildman–Crippen MR) is 82.9 cm³/mol. The molecule has 0 atom stereocenters. The van der Waals surface area contributed by atoms with E-state index >= 15 is 0 Å². The van der Waals surface area contributed by atoms with Crippen LogP contribution < -0.4 is 5.32 Å². The van der Waals surface area contributed by atoms with Gasteiger partial charge in [0.15, 0.2) is 6.54 Å². The number of hydrogen-bond donors (Lipinski definition) is 1. The third-order valence-electron chi connectivity index (χ3n) is 3.33. The topological polar surface area (TPSA) is 108 Å². The molecule has 2 heterocycles. The van der Waals surface area contributed by atoms with Crippen LogP contribution in [0.4, 0.5) is 5.82 Å². The molecule has 0 bridgehead atoms. The van der Waals surface area contributed by atoms with Crippen LogP contribution in [0.2, 0.25) is 0 Å². The van der Waals surface area contributed by atoms with Crippen LogP contribution in [0.1, 0.15) is 23.5 Å². The van der Waals surface area contributed by atoms with E-state index in [1.165, 1.54) is 6.07 Å². The molecule has 0 unspecified atom stereocenters. The summed E-state index contributed by atoms with van der Waals surface area (Å²) < 4.78 is 2.99. The minimum Gasteiger partial charge on any atom is -0.358 e. The van der Waals surface area contributed by atoms with Gasteiger partial charge in [-0.25, -0.2) is 0 Å². The molecule has 0 spiro atoms. The van der Waals surface area contributed by atoms with E-state index in [0.29, 0.717) is 18.8 Å². The van der Waals surface area contributed by atoms with Crippen LogP contribution in [0.15, 0.2) is 12.1 Å². The molecule has 0 saturated carbocycles. The summed E-state index contributed by atoms with van der Waals surface area (Å²) in [7, 11) is 0. The lowest BCUT2D eigenvalue weighted by Crippen LogP contribution is -2.29. The first kappa shape index (κ1) is 16.7. The van der Waals surface area contributed by atoms with E-state index in [-0.39, 0.29) is 18.3 Å². The Bertz CT molecular complexity index is 718. The van der Waals surface area contributed by atoms with E-state index < -0.39 is 4.92 Å². The number of amides is 1. The van der Waals surface area contributed by atoms with Crippen molar-refractivity contribution >= 4 is 11.7 Å². The SMILES string of the molecule is Cc1cc(C)n(CCCNC(=O)Cn2nc(C)cc2[N+](=O)[O-])n1. The lowest BCUT2D eigenvalue weighted by atomic mass is 10.4. The van der Waals surface area contributed by atoms with Crippen molar-refractivity contribution in [1.82, 2.24) is 24.9 Å². The van der Waals surface area contributed by atoms with Crippen LogP contribution in [0, 0.1) is 30.9 Å². The van der Waals surface area contributed by atoms with Crippen LogP contribution in [0.5, 0.6) is 0 Å². The molecule has 0 saturated heterocycles. The Kier molecular flexibility index (Phi) is 5.09. The average Bonchev–Trinajstić information content (AvgIpc) is 2.97. The summed E-state index contributed by atoms with van der Waals surface area (Å²) in [6, 6.07) is 3.34. The Balaban J connectivity index is 1.79. The fourth-order valence-electron chi connectivity index (χ4n) is 2.35. The van der Waals surface area contributed by atoms with Crippen molar-refractivity contribution in [2.24, 2.45) is 0 Å². The Morgan fingerprint density at radius 2 is 1.87 bits per heavy atom. The number of aromatic nitrogens is 4. The van der Waals surface area contributed by atoms with Crippen LogP contribution in [-0.4, -0.2) is 36.9 Å². The molecule has 1 N–H and O–H groups in total. The van der Waals surface area contributed by atoms with Gasteiger partial charge in [-0.15, -0.1) is 4.68 Å². The monoisotopic (exact) mass is 320 g/mol. The van der Waals surface area contributed by atoms with Crippen molar-refractivity contribution in [1.29, 1.82) is 0 Å². The second kappa shape index (κ2) is 7.03. The molecule has 0 aromatic carbocycles. The highest BCUT2D eigenvalue weighted by Gasteiger charge is 2.19. The van der Waals surface area contributed by atoms with E-state index in [1.807, 2.05) is 24.6 Å². The number of carbonyl (C=O) groups is 1. The van der Waals surface area contributed by atoms with Gasteiger partial charge in [0.1, 0.15) is 0 Å². The first-order valence-corrected chi connectivity index (χ1v) is 7.33. The van der Waals surface area contributed by atoms with Crippen molar-refractivity contribution in [2.75, 3.05) is 6.54 Å². The second-order valence-corrected chi connectivity index (χ2v) is 5.41. The van der Waals surface area contributed by atoms with Crippen molar-refractivity contribution in [3.63, 3.8) is 0 Å². The lowest BCUT2D eigenvalue weighted by Gasteiger charge is -2.06. The molecule has 0 aliphatic rings. The highest BCUT2D eigenvalue weighted by molar-refractivity contribution is 5.75. The third kappa shape index (κ3) is 4.38. The van der Waals surface area contributed by atoms with Gasteiger partial charge >= 0.3 is 5.82 Å². The first-order chi connectivity index (χ1) is 10.9. The number of aryl methyl sites for hydroxylation is 4. The quantitative estimate of drug-likeness (QED) is 0.467. The summed E-state index contributed by atoms with van der Waals surface area (Å²) in [5.74, 6) is -0.482.